The van der Waals surface area contributed by atoms with Crippen molar-refractivity contribution in [2.75, 3.05) is 31.9 Å². The van der Waals surface area contributed by atoms with Gasteiger partial charge in [0.25, 0.3) is 0 Å². The molecule has 1 fully saturated rings. The summed E-state index contributed by atoms with van der Waals surface area (Å²) >= 11 is 2.14. The second-order valence-corrected chi connectivity index (χ2v) is 10.6. The first-order valence-electron chi connectivity index (χ1n) is 8.67. The number of rotatable bonds is 6. The second-order valence-electron chi connectivity index (χ2n) is 8.80. The molecule has 2 nitrogen and oxygen atoms in total. The molecular formula is C18H38N2S. The third-order valence-corrected chi connectivity index (χ3v) is 5.81. The van der Waals surface area contributed by atoms with Crippen molar-refractivity contribution in [3.63, 3.8) is 0 Å². The van der Waals surface area contributed by atoms with Crippen LogP contribution in [0.5, 0.6) is 0 Å². The van der Waals surface area contributed by atoms with Crippen LogP contribution in [0.25, 0.3) is 0 Å². The molecule has 1 aliphatic rings. The Morgan fingerprint density at radius 1 is 1.14 bits per heavy atom. The molecule has 1 aliphatic heterocycles. The van der Waals surface area contributed by atoms with E-state index in [2.05, 4.69) is 70.4 Å². The predicted octanol–water partition coefficient (Wildman–Crippen LogP) is 4.40. The molecule has 0 aromatic heterocycles. The zero-order valence-corrected chi connectivity index (χ0v) is 16.3. The van der Waals surface area contributed by atoms with E-state index in [4.69, 9.17) is 0 Å². The summed E-state index contributed by atoms with van der Waals surface area (Å²) in [5, 5.41) is 3.74. The van der Waals surface area contributed by atoms with Crippen LogP contribution in [-0.4, -0.2) is 47.1 Å². The van der Waals surface area contributed by atoms with Gasteiger partial charge in [-0.25, -0.2) is 0 Å². The standard InChI is InChI=1S/C18H38N2S/c1-8-9-18(7,14-19-16(2,3)4)15-20-11-10-17(5,6)21-13-12-20/h19H,8-15H2,1-7H3. The molecule has 126 valence electrons. The van der Waals surface area contributed by atoms with Crippen LogP contribution in [0.1, 0.15) is 67.7 Å². The van der Waals surface area contributed by atoms with Gasteiger partial charge >= 0.3 is 0 Å². The number of nitrogens with zero attached hydrogens (tertiary/aromatic N) is 1. The van der Waals surface area contributed by atoms with E-state index < -0.39 is 0 Å². The normalized spacial score (nSPS) is 23.6. The van der Waals surface area contributed by atoms with Crippen molar-refractivity contribution in [3.8, 4) is 0 Å². The lowest BCUT2D eigenvalue weighted by Gasteiger charge is -2.38. The van der Waals surface area contributed by atoms with Crippen LogP contribution >= 0.6 is 11.8 Å². The van der Waals surface area contributed by atoms with Crippen molar-refractivity contribution in [2.24, 2.45) is 5.41 Å². The van der Waals surface area contributed by atoms with Crippen molar-refractivity contribution >= 4 is 11.8 Å². The summed E-state index contributed by atoms with van der Waals surface area (Å²) in [7, 11) is 0. The average molecular weight is 315 g/mol. The number of nitrogens with one attached hydrogen (secondary N) is 1. The van der Waals surface area contributed by atoms with Gasteiger partial charge in [0.05, 0.1) is 0 Å². The van der Waals surface area contributed by atoms with Gasteiger partial charge in [-0.3, -0.25) is 0 Å². The summed E-state index contributed by atoms with van der Waals surface area (Å²) < 4.78 is 0.458. The number of hydrogen-bond donors (Lipinski definition) is 1. The lowest BCUT2D eigenvalue weighted by atomic mass is 9.84. The maximum Gasteiger partial charge on any atom is 0.0116 e. The molecule has 1 rings (SSSR count). The first kappa shape index (κ1) is 19.3. The smallest absolute Gasteiger partial charge is 0.0116 e. The van der Waals surface area contributed by atoms with E-state index in [0.29, 0.717) is 10.2 Å². The lowest BCUT2D eigenvalue weighted by Crippen LogP contribution is -2.48. The fraction of sp³-hybridized carbons (Fsp3) is 1.00. The van der Waals surface area contributed by atoms with Gasteiger partial charge in [0.2, 0.25) is 0 Å². The highest BCUT2D eigenvalue weighted by molar-refractivity contribution is 8.00. The molecule has 1 atom stereocenters. The van der Waals surface area contributed by atoms with Gasteiger partial charge in [-0.1, -0.05) is 34.1 Å². The molecule has 1 unspecified atom stereocenters. The summed E-state index contributed by atoms with van der Waals surface area (Å²) in [6, 6.07) is 0. The van der Waals surface area contributed by atoms with Gasteiger partial charge in [0.1, 0.15) is 0 Å². The largest absolute Gasteiger partial charge is 0.311 e. The first-order chi connectivity index (χ1) is 9.55. The minimum atomic E-state index is 0.214. The van der Waals surface area contributed by atoms with Gasteiger partial charge in [-0.05, 0) is 45.6 Å². The van der Waals surface area contributed by atoms with Crippen LogP contribution in [0.2, 0.25) is 0 Å². The molecule has 0 saturated carbocycles. The maximum atomic E-state index is 3.74. The Bertz CT molecular complexity index is 309. The molecule has 0 aliphatic carbocycles. The first-order valence-corrected chi connectivity index (χ1v) is 9.65. The van der Waals surface area contributed by atoms with E-state index in [9.17, 15) is 0 Å². The van der Waals surface area contributed by atoms with E-state index in [1.54, 1.807) is 0 Å². The molecule has 0 spiro atoms. The molecule has 0 aromatic carbocycles. The van der Waals surface area contributed by atoms with Crippen LogP contribution in [0.3, 0.4) is 0 Å². The van der Waals surface area contributed by atoms with Crippen molar-refractivity contribution in [1.29, 1.82) is 0 Å². The minimum Gasteiger partial charge on any atom is -0.311 e. The molecule has 0 bridgehead atoms. The van der Waals surface area contributed by atoms with E-state index in [-0.39, 0.29) is 5.54 Å². The van der Waals surface area contributed by atoms with Crippen molar-refractivity contribution in [2.45, 2.75) is 78.0 Å². The Balaban J connectivity index is 2.60. The molecule has 0 aromatic rings. The minimum absolute atomic E-state index is 0.214. The van der Waals surface area contributed by atoms with Gasteiger partial charge in [0, 0.05) is 35.7 Å². The third-order valence-electron chi connectivity index (χ3n) is 4.43. The highest BCUT2D eigenvalue weighted by Crippen LogP contribution is 2.32. The summed E-state index contributed by atoms with van der Waals surface area (Å²) in [6.45, 7) is 21.3. The number of thioether (sulfide) groups is 1. The second kappa shape index (κ2) is 7.70. The molecule has 0 radical (unpaired) electrons. The Kier molecular flexibility index (Phi) is 7.08. The van der Waals surface area contributed by atoms with Crippen molar-refractivity contribution in [3.05, 3.63) is 0 Å². The summed E-state index contributed by atoms with van der Waals surface area (Å²) in [5.74, 6) is 1.28. The zero-order chi connectivity index (χ0) is 16.1. The van der Waals surface area contributed by atoms with Crippen LogP contribution in [-0.2, 0) is 0 Å². The SMILES string of the molecule is CCCC(C)(CNC(C)(C)C)CN1CCSC(C)(C)CC1. The Hall–Kier alpha value is 0.270. The maximum absolute atomic E-state index is 3.74. The quantitative estimate of drug-likeness (QED) is 0.782. The van der Waals surface area contributed by atoms with E-state index in [1.165, 1.54) is 44.6 Å². The van der Waals surface area contributed by atoms with Gasteiger partial charge in [-0.15, -0.1) is 0 Å². The van der Waals surface area contributed by atoms with E-state index >= 15 is 0 Å². The fourth-order valence-corrected chi connectivity index (χ4v) is 4.20. The molecule has 1 heterocycles. The van der Waals surface area contributed by atoms with Gasteiger partial charge < -0.3 is 10.2 Å². The molecule has 1 saturated heterocycles. The number of hydrogen-bond acceptors (Lipinski definition) is 3. The third kappa shape index (κ3) is 7.90. The van der Waals surface area contributed by atoms with E-state index in [1.807, 2.05) is 0 Å². The molecule has 3 heteroatoms. The average Bonchev–Trinajstić information content (AvgIpc) is 2.48. The fourth-order valence-electron chi connectivity index (χ4n) is 3.07. The summed E-state index contributed by atoms with van der Waals surface area (Å²) in [4.78, 5) is 2.71. The Morgan fingerprint density at radius 3 is 2.38 bits per heavy atom. The lowest BCUT2D eigenvalue weighted by molar-refractivity contribution is 0.145. The predicted molar refractivity (Wildman–Crippen MR) is 98.4 cm³/mol. The molecule has 1 N–H and O–H groups in total. The summed E-state index contributed by atoms with van der Waals surface area (Å²) in [5.41, 5.74) is 0.604. The van der Waals surface area contributed by atoms with Crippen molar-refractivity contribution in [1.82, 2.24) is 10.2 Å². The molecular weight excluding hydrogens is 276 g/mol. The van der Waals surface area contributed by atoms with Crippen LogP contribution in [0.15, 0.2) is 0 Å². The Labute approximate surface area is 137 Å². The highest BCUT2D eigenvalue weighted by atomic mass is 32.2. The summed E-state index contributed by atoms with van der Waals surface area (Å²) in [6.07, 6.45) is 3.89. The van der Waals surface area contributed by atoms with Gasteiger partial charge in [-0.2, -0.15) is 11.8 Å². The van der Waals surface area contributed by atoms with Crippen LogP contribution in [0.4, 0.5) is 0 Å². The zero-order valence-electron chi connectivity index (χ0n) is 15.5. The van der Waals surface area contributed by atoms with Gasteiger partial charge in [0.15, 0.2) is 0 Å². The highest BCUT2D eigenvalue weighted by Gasteiger charge is 2.30. The van der Waals surface area contributed by atoms with Crippen LogP contribution < -0.4 is 5.32 Å². The topological polar surface area (TPSA) is 15.3 Å². The van der Waals surface area contributed by atoms with E-state index in [0.717, 1.165) is 6.54 Å². The molecule has 21 heavy (non-hydrogen) atoms. The van der Waals surface area contributed by atoms with Crippen LogP contribution in [0, 0.1) is 5.41 Å². The monoisotopic (exact) mass is 314 g/mol. The van der Waals surface area contributed by atoms with Crippen molar-refractivity contribution < 1.29 is 0 Å². The Morgan fingerprint density at radius 2 is 1.81 bits per heavy atom. The molecule has 0 amide bonds.